The summed E-state index contributed by atoms with van der Waals surface area (Å²) in [4.78, 5) is 22.4. The van der Waals surface area contributed by atoms with Gasteiger partial charge in [0.25, 0.3) is 0 Å². The van der Waals surface area contributed by atoms with Gasteiger partial charge in [-0.3, -0.25) is 0 Å². The Labute approximate surface area is 123 Å². The second-order valence-corrected chi connectivity index (χ2v) is 4.67. The van der Waals surface area contributed by atoms with Crippen LogP contribution in [0.5, 0.6) is 0 Å². The first-order valence-electron chi connectivity index (χ1n) is 6.60. The van der Waals surface area contributed by atoms with Crippen LogP contribution >= 0.6 is 0 Å². The molecule has 1 aromatic carbocycles. The van der Waals surface area contributed by atoms with Crippen LogP contribution in [-0.4, -0.2) is 36.6 Å². The van der Waals surface area contributed by atoms with Gasteiger partial charge in [-0.15, -0.1) is 0 Å². The van der Waals surface area contributed by atoms with Crippen molar-refractivity contribution in [2.24, 2.45) is 0 Å². The van der Waals surface area contributed by atoms with E-state index in [2.05, 4.69) is 9.97 Å². The molecule has 2 N–H and O–H groups in total. The number of nitrogen functional groups attached to an aromatic ring is 1. The van der Waals surface area contributed by atoms with Crippen molar-refractivity contribution in [1.29, 1.82) is 0 Å². The van der Waals surface area contributed by atoms with Crippen LogP contribution in [0.2, 0.25) is 0 Å². The number of nitrogens with two attached hydrogens (primary N) is 1. The lowest BCUT2D eigenvalue weighted by molar-refractivity contribution is 0.0526. The van der Waals surface area contributed by atoms with Crippen molar-refractivity contribution in [2.75, 3.05) is 31.3 Å². The molecule has 6 heteroatoms. The van der Waals surface area contributed by atoms with E-state index in [9.17, 15) is 4.79 Å². The molecule has 0 aliphatic heterocycles. The molecule has 1 heterocycles. The van der Waals surface area contributed by atoms with Crippen LogP contribution in [-0.2, 0) is 4.74 Å². The highest BCUT2D eigenvalue weighted by Gasteiger charge is 2.17. The lowest BCUT2D eigenvalue weighted by Crippen LogP contribution is -2.18. The first-order chi connectivity index (χ1) is 10.0. The molecule has 0 saturated carbocycles. The molecule has 0 radical (unpaired) electrons. The Morgan fingerprint density at radius 3 is 2.52 bits per heavy atom. The van der Waals surface area contributed by atoms with Crippen molar-refractivity contribution in [3.63, 3.8) is 0 Å². The van der Waals surface area contributed by atoms with E-state index in [1.807, 2.05) is 26.2 Å². The first kappa shape index (κ1) is 14.8. The summed E-state index contributed by atoms with van der Waals surface area (Å²) in [7, 11) is 3.63. The van der Waals surface area contributed by atoms with Crippen LogP contribution in [0.3, 0.4) is 0 Å². The zero-order valence-electron chi connectivity index (χ0n) is 12.3. The number of carbonyl (C=O) groups is 1. The van der Waals surface area contributed by atoms with Gasteiger partial charge >= 0.3 is 5.97 Å². The number of rotatable bonds is 4. The molecule has 0 atom stereocenters. The molecule has 0 amide bonds. The fraction of sp³-hybridized carbons (Fsp3) is 0.267. The van der Waals surface area contributed by atoms with Crippen molar-refractivity contribution in [1.82, 2.24) is 9.97 Å². The van der Waals surface area contributed by atoms with Crippen LogP contribution in [0.25, 0.3) is 11.4 Å². The molecule has 1 aromatic heterocycles. The van der Waals surface area contributed by atoms with Gasteiger partial charge in [0.15, 0.2) is 5.82 Å². The van der Waals surface area contributed by atoms with E-state index in [4.69, 9.17) is 10.5 Å². The lowest BCUT2D eigenvalue weighted by Gasteiger charge is -2.16. The number of hydrogen-bond donors (Lipinski definition) is 1. The van der Waals surface area contributed by atoms with Gasteiger partial charge in [-0.25, -0.2) is 14.8 Å². The van der Waals surface area contributed by atoms with E-state index >= 15 is 0 Å². The summed E-state index contributed by atoms with van der Waals surface area (Å²) in [5.74, 6) is 0.632. The van der Waals surface area contributed by atoms with Crippen LogP contribution in [0, 0.1) is 0 Å². The second-order valence-electron chi connectivity index (χ2n) is 4.67. The average molecular weight is 286 g/mol. The molecule has 0 bridgehead atoms. The zero-order valence-corrected chi connectivity index (χ0v) is 12.3. The molecule has 0 aliphatic carbocycles. The zero-order chi connectivity index (χ0) is 15.4. The van der Waals surface area contributed by atoms with Gasteiger partial charge in [0.05, 0.1) is 6.61 Å². The number of anilines is 2. The third kappa shape index (κ3) is 3.28. The topological polar surface area (TPSA) is 81.3 Å². The van der Waals surface area contributed by atoms with Crippen molar-refractivity contribution >= 4 is 17.5 Å². The molecule has 21 heavy (non-hydrogen) atoms. The minimum atomic E-state index is -0.426. The summed E-state index contributed by atoms with van der Waals surface area (Å²) in [6, 6.07) is 7.25. The Balaban J connectivity index is 2.45. The monoisotopic (exact) mass is 286 g/mol. The third-order valence-corrected chi connectivity index (χ3v) is 2.86. The van der Waals surface area contributed by atoms with Crippen LogP contribution in [0.1, 0.15) is 17.3 Å². The molecule has 110 valence electrons. The fourth-order valence-corrected chi connectivity index (χ4v) is 1.84. The van der Waals surface area contributed by atoms with Crippen molar-refractivity contribution < 1.29 is 9.53 Å². The van der Waals surface area contributed by atoms with Gasteiger partial charge in [0, 0.05) is 31.5 Å². The highest BCUT2D eigenvalue weighted by molar-refractivity contribution is 5.94. The predicted molar refractivity (Wildman–Crippen MR) is 82.2 cm³/mol. The number of carbonyl (C=O) groups excluding carboxylic acids is 1. The van der Waals surface area contributed by atoms with Gasteiger partial charge in [-0.2, -0.15) is 0 Å². The minimum absolute atomic E-state index is 0.311. The molecule has 2 rings (SSSR count). The summed E-state index contributed by atoms with van der Waals surface area (Å²) in [6.07, 6.45) is 1.49. The number of hydrogen-bond acceptors (Lipinski definition) is 6. The van der Waals surface area contributed by atoms with Gasteiger partial charge in [-0.1, -0.05) is 0 Å². The van der Waals surface area contributed by atoms with Crippen LogP contribution < -0.4 is 10.6 Å². The van der Waals surface area contributed by atoms with E-state index in [0.717, 1.165) is 5.56 Å². The minimum Gasteiger partial charge on any atom is -0.462 e. The summed E-state index contributed by atoms with van der Waals surface area (Å²) in [6.45, 7) is 2.07. The Kier molecular flexibility index (Phi) is 4.37. The maximum absolute atomic E-state index is 11.9. The summed E-state index contributed by atoms with van der Waals surface area (Å²) >= 11 is 0. The van der Waals surface area contributed by atoms with Crippen LogP contribution in [0.4, 0.5) is 11.5 Å². The maximum Gasteiger partial charge on any atom is 0.343 e. The molecular formula is C15H18N4O2. The Hall–Kier alpha value is -2.63. The van der Waals surface area contributed by atoms with Crippen molar-refractivity contribution in [2.45, 2.75) is 6.92 Å². The molecule has 0 fully saturated rings. The smallest absolute Gasteiger partial charge is 0.343 e. The van der Waals surface area contributed by atoms with Crippen molar-refractivity contribution in [3.8, 4) is 11.4 Å². The average Bonchev–Trinajstić information content (AvgIpc) is 2.47. The quantitative estimate of drug-likeness (QED) is 0.683. The number of aromatic nitrogens is 2. The van der Waals surface area contributed by atoms with E-state index < -0.39 is 5.97 Å². The maximum atomic E-state index is 11.9. The largest absolute Gasteiger partial charge is 0.462 e. The molecule has 0 spiro atoms. The molecule has 0 unspecified atom stereocenters. The normalized spacial score (nSPS) is 10.2. The molecule has 0 aliphatic rings. The standard InChI is InChI=1S/C15H18N4O2/c1-4-21-15(20)12-9-17-13(18-14(12)19(2)3)10-5-7-11(16)8-6-10/h5-9H,4,16H2,1-3H3. The Bertz CT molecular complexity index is 639. The molecule has 6 nitrogen and oxygen atoms in total. The number of nitrogens with zero attached hydrogens (tertiary/aromatic N) is 3. The highest BCUT2D eigenvalue weighted by Crippen LogP contribution is 2.22. The van der Waals surface area contributed by atoms with E-state index in [-0.39, 0.29) is 0 Å². The van der Waals surface area contributed by atoms with E-state index in [1.54, 1.807) is 24.0 Å². The molecular weight excluding hydrogens is 268 g/mol. The lowest BCUT2D eigenvalue weighted by atomic mass is 10.2. The summed E-state index contributed by atoms with van der Waals surface area (Å²) in [5.41, 5.74) is 7.53. The predicted octanol–water partition coefficient (Wildman–Crippen LogP) is 1.97. The van der Waals surface area contributed by atoms with E-state index in [1.165, 1.54) is 6.20 Å². The number of benzene rings is 1. The molecule has 2 aromatic rings. The molecule has 0 saturated heterocycles. The SMILES string of the molecule is CCOC(=O)c1cnc(-c2ccc(N)cc2)nc1N(C)C. The van der Waals surface area contributed by atoms with Gasteiger partial charge < -0.3 is 15.4 Å². The van der Waals surface area contributed by atoms with Gasteiger partial charge in [0.1, 0.15) is 11.4 Å². The van der Waals surface area contributed by atoms with Crippen LogP contribution in [0.15, 0.2) is 30.5 Å². The third-order valence-electron chi connectivity index (χ3n) is 2.86. The van der Waals surface area contributed by atoms with Gasteiger partial charge in [-0.05, 0) is 31.2 Å². The van der Waals surface area contributed by atoms with Crippen molar-refractivity contribution in [3.05, 3.63) is 36.0 Å². The summed E-state index contributed by atoms with van der Waals surface area (Å²) < 4.78 is 5.02. The second kappa shape index (κ2) is 6.21. The highest BCUT2D eigenvalue weighted by atomic mass is 16.5. The van der Waals surface area contributed by atoms with E-state index in [0.29, 0.717) is 29.5 Å². The Morgan fingerprint density at radius 2 is 1.95 bits per heavy atom. The summed E-state index contributed by atoms with van der Waals surface area (Å²) in [5, 5.41) is 0. The number of esters is 1. The van der Waals surface area contributed by atoms with Gasteiger partial charge in [0.2, 0.25) is 0 Å². The number of ether oxygens (including phenoxy) is 1. The first-order valence-corrected chi connectivity index (χ1v) is 6.60. The Morgan fingerprint density at radius 1 is 1.29 bits per heavy atom. The fourth-order valence-electron chi connectivity index (χ4n) is 1.84.